The Hall–Kier alpha value is -2.67. The minimum absolute atomic E-state index is 0.0651. The fourth-order valence-electron chi connectivity index (χ4n) is 3.46. The van der Waals surface area contributed by atoms with E-state index in [0.29, 0.717) is 23.6 Å². The van der Waals surface area contributed by atoms with Crippen molar-refractivity contribution in [2.45, 2.75) is 39.0 Å². The molecule has 1 aliphatic heterocycles. The molecule has 1 aliphatic rings. The first-order valence-electron chi connectivity index (χ1n) is 8.37. The van der Waals surface area contributed by atoms with Crippen molar-refractivity contribution in [2.24, 2.45) is 7.05 Å². The fraction of sp³-hybridized carbons (Fsp3) is 0.389. The smallest absolute Gasteiger partial charge is 0.272 e. The second-order valence-corrected chi connectivity index (χ2v) is 6.39. The van der Waals surface area contributed by atoms with Gasteiger partial charge < -0.3 is 14.5 Å². The lowest BCUT2D eigenvalue weighted by Crippen LogP contribution is -2.27. The number of hydrogen-bond acceptors (Lipinski definition) is 5. The van der Waals surface area contributed by atoms with Gasteiger partial charge in [-0.3, -0.25) is 9.48 Å². The van der Waals surface area contributed by atoms with Gasteiger partial charge in [0.25, 0.3) is 5.91 Å². The molecule has 130 valence electrons. The van der Waals surface area contributed by atoms with Crippen LogP contribution in [0.4, 0.5) is 0 Å². The van der Waals surface area contributed by atoms with Gasteiger partial charge in [-0.15, -0.1) is 0 Å². The number of nitrogens with one attached hydrogen (secondary N) is 1. The van der Waals surface area contributed by atoms with Gasteiger partial charge in [0.15, 0.2) is 11.3 Å². The van der Waals surface area contributed by atoms with Gasteiger partial charge in [0.1, 0.15) is 5.52 Å². The van der Waals surface area contributed by atoms with Crippen LogP contribution in [0.3, 0.4) is 0 Å². The lowest BCUT2D eigenvalue weighted by Gasteiger charge is -2.26. The zero-order valence-corrected chi connectivity index (χ0v) is 14.4. The summed E-state index contributed by atoms with van der Waals surface area (Å²) in [4.78, 5) is 17.0. The monoisotopic (exact) mass is 340 g/mol. The van der Waals surface area contributed by atoms with E-state index in [1.807, 2.05) is 45.2 Å². The van der Waals surface area contributed by atoms with Crippen molar-refractivity contribution in [1.82, 2.24) is 20.1 Å². The Morgan fingerprint density at radius 1 is 1.36 bits per heavy atom. The number of amides is 1. The summed E-state index contributed by atoms with van der Waals surface area (Å²) in [5.74, 6) is 0.254. The SMILES string of the molecule is C[C@@H]1Cc2c(C(=O)NCc3nc4ccccc4o3)nn(C)c2[C@H](C)O1. The molecule has 7 heteroatoms. The minimum Gasteiger partial charge on any atom is -0.439 e. The van der Waals surface area contributed by atoms with Gasteiger partial charge in [-0.2, -0.15) is 5.10 Å². The zero-order valence-electron chi connectivity index (χ0n) is 14.4. The van der Waals surface area contributed by atoms with Crippen LogP contribution in [0.5, 0.6) is 0 Å². The van der Waals surface area contributed by atoms with Crippen LogP contribution < -0.4 is 5.32 Å². The highest BCUT2D eigenvalue weighted by molar-refractivity contribution is 5.94. The summed E-state index contributed by atoms with van der Waals surface area (Å²) >= 11 is 0. The number of aryl methyl sites for hydroxylation is 1. The number of fused-ring (bicyclic) bond motifs is 2. The molecule has 1 N–H and O–H groups in total. The van der Waals surface area contributed by atoms with Crippen molar-refractivity contribution in [1.29, 1.82) is 0 Å². The molecule has 4 rings (SSSR count). The highest BCUT2D eigenvalue weighted by Crippen LogP contribution is 2.31. The Kier molecular flexibility index (Phi) is 3.80. The van der Waals surface area contributed by atoms with Crippen molar-refractivity contribution < 1.29 is 13.9 Å². The molecule has 0 bridgehead atoms. The molecule has 25 heavy (non-hydrogen) atoms. The van der Waals surface area contributed by atoms with Crippen LogP contribution in [0.1, 0.15) is 47.6 Å². The number of benzene rings is 1. The zero-order chi connectivity index (χ0) is 17.6. The molecule has 0 saturated heterocycles. The first-order valence-corrected chi connectivity index (χ1v) is 8.37. The molecule has 0 unspecified atom stereocenters. The predicted octanol–water partition coefficient (Wildman–Crippen LogP) is 2.51. The van der Waals surface area contributed by atoms with Gasteiger partial charge in [-0.05, 0) is 26.0 Å². The van der Waals surface area contributed by atoms with Crippen molar-refractivity contribution in [3.05, 3.63) is 47.1 Å². The lowest BCUT2D eigenvalue weighted by molar-refractivity contribution is -0.00903. The molecule has 0 fully saturated rings. The van der Waals surface area contributed by atoms with Crippen LogP contribution in [0, 0.1) is 0 Å². The Labute approximate surface area is 145 Å². The van der Waals surface area contributed by atoms with Crippen LogP contribution in [-0.2, 0) is 24.8 Å². The highest BCUT2D eigenvalue weighted by atomic mass is 16.5. The van der Waals surface area contributed by atoms with E-state index in [9.17, 15) is 4.79 Å². The summed E-state index contributed by atoms with van der Waals surface area (Å²) in [5.41, 5.74) is 3.87. The highest BCUT2D eigenvalue weighted by Gasteiger charge is 2.31. The topological polar surface area (TPSA) is 82.2 Å². The molecule has 1 amide bonds. The first kappa shape index (κ1) is 15.8. The number of oxazole rings is 1. The standard InChI is InChI=1S/C18H20N4O3/c1-10-8-12-16(21-22(3)17(12)11(2)24-10)18(23)19-9-15-20-13-6-4-5-7-14(13)25-15/h4-7,10-11H,8-9H2,1-3H3,(H,19,23)/t10-,11+/m1/s1. The predicted molar refractivity (Wildman–Crippen MR) is 91.1 cm³/mol. The molecule has 7 nitrogen and oxygen atoms in total. The summed E-state index contributed by atoms with van der Waals surface area (Å²) in [6, 6.07) is 7.52. The van der Waals surface area contributed by atoms with Gasteiger partial charge in [0.05, 0.1) is 24.4 Å². The van der Waals surface area contributed by atoms with Gasteiger partial charge >= 0.3 is 0 Å². The third-order valence-corrected chi connectivity index (χ3v) is 4.46. The van der Waals surface area contributed by atoms with Crippen LogP contribution in [-0.4, -0.2) is 26.8 Å². The van der Waals surface area contributed by atoms with E-state index >= 15 is 0 Å². The summed E-state index contributed by atoms with van der Waals surface area (Å²) in [6.45, 7) is 4.21. The van der Waals surface area contributed by atoms with Gasteiger partial charge in [0, 0.05) is 19.0 Å². The summed E-state index contributed by atoms with van der Waals surface area (Å²) in [7, 11) is 1.84. The van der Waals surface area contributed by atoms with E-state index in [2.05, 4.69) is 15.4 Å². The van der Waals surface area contributed by atoms with Gasteiger partial charge in [0.2, 0.25) is 5.89 Å². The van der Waals surface area contributed by atoms with E-state index in [-0.39, 0.29) is 24.7 Å². The van der Waals surface area contributed by atoms with Crippen molar-refractivity contribution >= 4 is 17.0 Å². The number of para-hydroxylation sites is 2. The number of carbonyl (C=O) groups is 1. The third-order valence-electron chi connectivity index (χ3n) is 4.46. The quantitative estimate of drug-likeness (QED) is 0.792. The summed E-state index contributed by atoms with van der Waals surface area (Å²) in [6.07, 6.45) is 0.671. The summed E-state index contributed by atoms with van der Waals surface area (Å²) in [5, 5.41) is 7.26. The Bertz CT molecular complexity index is 910. The van der Waals surface area contributed by atoms with Gasteiger partial charge in [-0.1, -0.05) is 12.1 Å². The van der Waals surface area contributed by atoms with Crippen LogP contribution in [0.15, 0.2) is 28.7 Å². The maximum atomic E-state index is 12.6. The fourth-order valence-corrected chi connectivity index (χ4v) is 3.46. The average Bonchev–Trinajstić information content (AvgIpc) is 3.13. The molecular formula is C18H20N4O3. The number of carbonyl (C=O) groups excluding carboxylic acids is 1. The Morgan fingerprint density at radius 2 is 2.16 bits per heavy atom. The number of hydrogen-bond donors (Lipinski definition) is 1. The molecular weight excluding hydrogens is 320 g/mol. The Morgan fingerprint density at radius 3 is 2.96 bits per heavy atom. The molecule has 3 aromatic rings. The van der Waals surface area contributed by atoms with Crippen LogP contribution in [0.25, 0.3) is 11.1 Å². The lowest BCUT2D eigenvalue weighted by atomic mass is 9.99. The first-order chi connectivity index (χ1) is 12.0. The van der Waals surface area contributed by atoms with Crippen LogP contribution >= 0.6 is 0 Å². The van der Waals surface area contributed by atoms with E-state index < -0.39 is 0 Å². The maximum absolute atomic E-state index is 12.6. The van der Waals surface area contributed by atoms with Crippen molar-refractivity contribution in [3.63, 3.8) is 0 Å². The molecule has 3 heterocycles. The number of rotatable bonds is 3. The van der Waals surface area contributed by atoms with E-state index in [1.54, 1.807) is 4.68 Å². The van der Waals surface area contributed by atoms with E-state index in [0.717, 1.165) is 16.8 Å². The van der Waals surface area contributed by atoms with Crippen molar-refractivity contribution in [3.8, 4) is 0 Å². The molecule has 0 radical (unpaired) electrons. The molecule has 0 aliphatic carbocycles. The Balaban J connectivity index is 1.54. The molecule has 2 atom stereocenters. The summed E-state index contributed by atoms with van der Waals surface area (Å²) < 4.78 is 13.2. The maximum Gasteiger partial charge on any atom is 0.272 e. The second-order valence-electron chi connectivity index (χ2n) is 6.39. The second kappa shape index (κ2) is 6.00. The van der Waals surface area contributed by atoms with Crippen molar-refractivity contribution in [2.75, 3.05) is 0 Å². The molecule has 1 aromatic carbocycles. The number of ether oxygens (including phenoxy) is 1. The molecule has 0 saturated carbocycles. The largest absolute Gasteiger partial charge is 0.439 e. The van der Waals surface area contributed by atoms with Gasteiger partial charge in [-0.25, -0.2) is 4.98 Å². The minimum atomic E-state index is -0.222. The van der Waals surface area contributed by atoms with Crippen LogP contribution in [0.2, 0.25) is 0 Å². The number of aromatic nitrogens is 3. The molecule has 2 aromatic heterocycles. The van der Waals surface area contributed by atoms with E-state index in [4.69, 9.17) is 9.15 Å². The number of nitrogens with zero attached hydrogens (tertiary/aromatic N) is 3. The molecule has 0 spiro atoms. The average molecular weight is 340 g/mol. The van der Waals surface area contributed by atoms with E-state index in [1.165, 1.54) is 0 Å². The normalized spacial score (nSPS) is 19.8. The third kappa shape index (κ3) is 2.80.